The highest BCUT2D eigenvalue weighted by Gasteiger charge is 2.22. The van der Waals surface area contributed by atoms with Crippen LogP contribution in [0.4, 0.5) is 0 Å². The number of nitrogens with zero attached hydrogens (tertiary/aromatic N) is 1. The number of likely N-dealkylation sites (tertiary alicyclic amines) is 1. The van der Waals surface area contributed by atoms with E-state index >= 15 is 0 Å². The summed E-state index contributed by atoms with van der Waals surface area (Å²) in [4.78, 5) is 16.6. The van der Waals surface area contributed by atoms with Crippen LogP contribution >= 0.6 is 0 Å². The number of para-hydroxylation sites is 1. The maximum absolute atomic E-state index is 14.1. The molecule has 0 aliphatic carbocycles. The van der Waals surface area contributed by atoms with Gasteiger partial charge in [0.05, 0.1) is 21.3 Å². The Labute approximate surface area is 230 Å². The van der Waals surface area contributed by atoms with Crippen molar-refractivity contribution >= 4 is 16.6 Å². The van der Waals surface area contributed by atoms with Crippen LogP contribution < -0.4 is 18.9 Å². The molecule has 1 saturated heterocycles. The van der Waals surface area contributed by atoms with Crippen molar-refractivity contribution in [1.29, 1.82) is 0 Å². The molecule has 0 atom stereocenters. The molecule has 1 heterocycles. The zero-order chi connectivity index (χ0) is 27.2. The number of ketones is 1. The minimum atomic E-state index is -0.0782. The van der Waals surface area contributed by atoms with Crippen LogP contribution in [0, 0.1) is 0 Å². The van der Waals surface area contributed by atoms with Crippen LogP contribution in [0.2, 0.25) is 0 Å². The van der Waals surface area contributed by atoms with E-state index in [4.69, 9.17) is 18.9 Å². The van der Waals surface area contributed by atoms with Gasteiger partial charge in [-0.15, -0.1) is 0 Å². The Kier molecular flexibility index (Phi) is 8.33. The van der Waals surface area contributed by atoms with E-state index in [1.54, 1.807) is 21.3 Å². The summed E-state index contributed by atoms with van der Waals surface area (Å²) in [7, 11) is 4.86. The molecule has 1 aliphatic rings. The van der Waals surface area contributed by atoms with Crippen LogP contribution in [-0.4, -0.2) is 58.3 Å². The van der Waals surface area contributed by atoms with Crippen molar-refractivity contribution in [2.75, 3.05) is 47.6 Å². The van der Waals surface area contributed by atoms with Gasteiger partial charge in [0.15, 0.2) is 17.3 Å². The standard InChI is InChI=1S/C33H35NO5/c1-36-26-15-17-27-24(22-26)12-16-28(29-8-7-9-30(37-2)33(29)38-3)31(27)32(35)23-10-13-25(14-11-23)39-21-20-34-18-5-4-6-19-34/h7-17,22H,4-6,18-21H2,1-3H3. The summed E-state index contributed by atoms with van der Waals surface area (Å²) in [5.41, 5.74) is 2.75. The predicted octanol–water partition coefficient (Wildman–Crippen LogP) is 6.63. The molecule has 4 aromatic rings. The fourth-order valence-electron chi connectivity index (χ4n) is 5.33. The minimum Gasteiger partial charge on any atom is -0.497 e. The van der Waals surface area contributed by atoms with E-state index in [1.807, 2.05) is 72.8 Å². The van der Waals surface area contributed by atoms with Crippen LogP contribution in [-0.2, 0) is 0 Å². The van der Waals surface area contributed by atoms with Crippen molar-refractivity contribution in [3.8, 4) is 34.1 Å². The van der Waals surface area contributed by atoms with E-state index in [0.717, 1.165) is 53.0 Å². The quantitative estimate of drug-likeness (QED) is 0.217. The number of piperidine rings is 1. The summed E-state index contributed by atoms with van der Waals surface area (Å²) in [6.45, 7) is 3.85. The van der Waals surface area contributed by atoms with Crippen LogP contribution in [0.25, 0.3) is 21.9 Å². The average molecular weight is 526 g/mol. The summed E-state index contributed by atoms with van der Waals surface area (Å²) in [5.74, 6) is 2.61. The summed E-state index contributed by atoms with van der Waals surface area (Å²) in [6, 6.07) is 22.9. The van der Waals surface area contributed by atoms with E-state index in [0.29, 0.717) is 29.2 Å². The topological polar surface area (TPSA) is 57.2 Å². The third-order valence-electron chi connectivity index (χ3n) is 7.39. The molecule has 1 fully saturated rings. The van der Waals surface area contributed by atoms with Crippen LogP contribution in [0.3, 0.4) is 0 Å². The lowest BCUT2D eigenvalue weighted by molar-refractivity contribution is 0.104. The van der Waals surface area contributed by atoms with Gasteiger partial charge in [0, 0.05) is 23.2 Å². The molecule has 6 heteroatoms. The van der Waals surface area contributed by atoms with Gasteiger partial charge in [-0.2, -0.15) is 0 Å². The lowest BCUT2D eigenvalue weighted by atomic mass is 9.89. The van der Waals surface area contributed by atoms with Crippen LogP contribution in [0.5, 0.6) is 23.0 Å². The Bertz CT molecular complexity index is 1440. The number of rotatable bonds is 10. The lowest BCUT2D eigenvalue weighted by Crippen LogP contribution is -2.33. The fraction of sp³-hybridized carbons (Fsp3) is 0.303. The van der Waals surface area contributed by atoms with Gasteiger partial charge < -0.3 is 18.9 Å². The molecule has 0 unspecified atom stereocenters. The fourth-order valence-corrected chi connectivity index (χ4v) is 5.33. The summed E-state index contributed by atoms with van der Waals surface area (Å²) < 4.78 is 22.7. The number of fused-ring (bicyclic) bond motifs is 1. The second kappa shape index (κ2) is 12.2. The van der Waals surface area contributed by atoms with E-state index in [2.05, 4.69) is 4.90 Å². The third-order valence-corrected chi connectivity index (χ3v) is 7.39. The normalized spacial score (nSPS) is 13.7. The molecule has 0 aromatic heterocycles. The first-order chi connectivity index (χ1) is 19.1. The minimum absolute atomic E-state index is 0.0782. The molecule has 0 bridgehead atoms. The van der Waals surface area contributed by atoms with Gasteiger partial charge in [0.25, 0.3) is 0 Å². The smallest absolute Gasteiger partial charge is 0.194 e. The van der Waals surface area contributed by atoms with Crippen molar-refractivity contribution in [3.63, 3.8) is 0 Å². The second-order valence-corrected chi connectivity index (χ2v) is 9.72. The SMILES string of the molecule is COc1ccc2c(C(=O)c3ccc(OCCN4CCCCC4)cc3)c(-c3cccc(OC)c3OC)ccc2c1. The van der Waals surface area contributed by atoms with Gasteiger partial charge in [-0.3, -0.25) is 9.69 Å². The molecule has 0 amide bonds. The highest BCUT2D eigenvalue weighted by Crippen LogP contribution is 2.42. The molecule has 0 spiro atoms. The van der Waals surface area contributed by atoms with Crippen molar-refractivity contribution in [1.82, 2.24) is 4.90 Å². The molecule has 0 N–H and O–H groups in total. The van der Waals surface area contributed by atoms with Gasteiger partial charge >= 0.3 is 0 Å². The molecule has 4 aromatic carbocycles. The maximum atomic E-state index is 14.1. The molecule has 39 heavy (non-hydrogen) atoms. The third kappa shape index (κ3) is 5.71. The molecular weight excluding hydrogens is 490 g/mol. The predicted molar refractivity (Wildman–Crippen MR) is 155 cm³/mol. The Balaban J connectivity index is 1.49. The molecule has 0 radical (unpaired) electrons. The number of carbonyl (C=O) groups excluding carboxylic acids is 1. The van der Waals surface area contributed by atoms with Gasteiger partial charge in [-0.1, -0.05) is 30.7 Å². The van der Waals surface area contributed by atoms with Crippen molar-refractivity contribution in [3.05, 3.63) is 83.9 Å². The van der Waals surface area contributed by atoms with Gasteiger partial charge in [0.1, 0.15) is 18.1 Å². The van der Waals surface area contributed by atoms with E-state index < -0.39 is 0 Å². The molecule has 202 valence electrons. The number of methoxy groups -OCH3 is 3. The first-order valence-electron chi connectivity index (χ1n) is 13.4. The Morgan fingerprint density at radius 2 is 1.54 bits per heavy atom. The van der Waals surface area contributed by atoms with Gasteiger partial charge in [0.2, 0.25) is 0 Å². The first-order valence-corrected chi connectivity index (χ1v) is 13.4. The Morgan fingerprint density at radius 1 is 0.769 bits per heavy atom. The molecular formula is C33H35NO5. The molecule has 1 aliphatic heterocycles. The highest BCUT2D eigenvalue weighted by molar-refractivity contribution is 6.20. The van der Waals surface area contributed by atoms with Gasteiger partial charge in [-0.05, 0) is 90.8 Å². The largest absolute Gasteiger partial charge is 0.497 e. The van der Waals surface area contributed by atoms with E-state index in [1.165, 1.54) is 19.3 Å². The summed E-state index contributed by atoms with van der Waals surface area (Å²) >= 11 is 0. The zero-order valence-electron chi connectivity index (χ0n) is 22.9. The van der Waals surface area contributed by atoms with Crippen molar-refractivity contribution < 1.29 is 23.7 Å². The first kappa shape index (κ1) is 26.6. The Morgan fingerprint density at radius 3 is 2.26 bits per heavy atom. The second-order valence-electron chi connectivity index (χ2n) is 9.72. The average Bonchev–Trinajstić information content (AvgIpc) is 3.00. The number of benzene rings is 4. The monoisotopic (exact) mass is 525 g/mol. The number of hydrogen-bond acceptors (Lipinski definition) is 6. The van der Waals surface area contributed by atoms with Crippen molar-refractivity contribution in [2.24, 2.45) is 0 Å². The van der Waals surface area contributed by atoms with E-state index in [9.17, 15) is 4.79 Å². The van der Waals surface area contributed by atoms with E-state index in [-0.39, 0.29) is 5.78 Å². The van der Waals surface area contributed by atoms with Crippen molar-refractivity contribution in [2.45, 2.75) is 19.3 Å². The van der Waals surface area contributed by atoms with Crippen LogP contribution in [0.1, 0.15) is 35.2 Å². The zero-order valence-corrected chi connectivity index (χ0v) is 22.9. The number of ether oxygens (including phenoxy) is 4. The maximum Gasteiger partial charge on any atom is 0.194 e. The highest BCUT2D eigenvalue weighted by atomic mass is 16.5. The molecule has 5 rings (SSSR count). The number of hydrogen-bond donors (Lipinski definition) is 0. The molecule has 0 saturated carbocycles. The summed E-state index contributed by atoms with van der Waals surface area (Å²) in [5, 5.41) is 1.76. The van der Waals surface area contributed by atoms with Gasteiger partial charge in [-0.25, -0.2) is 0 Å². The van der Waals surface area contributed by atoms with Crippen LogP contribution in [0.15, 0.2) is 72.8 Å². The molecule has 6 nitrogen and oxygen atoms in total. The Hall–Kier alpha value is -4.03. The summed E-state index contributed by atoms with van der Waals surface area (Å²) in [6.07, 6.45) is 3.85. The number of carbonyl (C=O) groups is 1. The lowest BCUT2D eigenvalue weighted by Gasteiger charge is -2.26.